The largest absolute Gasteiger partial charge is 0.478 e. The van der Waals surface area contributed by atoms with Gasteiger partial charge in [0, 0.05) is 12.0 Å². The van der Waals surface area contributed by atoms with Gasteiger partial charge in [-0.2, -0.15) is 22.0 Å². The molecule has 1 unspecified atom stereocenters. The Morgan fingerprint density at radius 1 is 1.13 bits per heavy atom. The van der Waals surface area contributed by atoms with Gasteiger partial charge in [0.15, 0.2) is 0 Å². The van der Waals surface area contributed by atoms with E-state index < -0.39 is 47.5 Å². The molecule has 0 fully saturated rings. The van der Waals surface area contributed by atoms with E-state index in [1.807, 2.05) is 6.92 Å². The monoisotopic (exact) mass is 558 g/mol. The number of carboxylic acid groups (broad SMARTS) is 1. The molecule has 3 rings (SSSR count). The fraction of sp³-hybridized carbons (Fsp3) is 0.346. The molecule has 2 aromatic carbocycles. The van der Waals surface area contributed by atoms with Crippen molar-refractivity contribution >= 4 is 17.6 Å². The van der Waals surface area contributed by atoms with Crippen molar-refractivity contribution in [3.05, 3.63) is 92.1 Å². The van der Waals surface area contributed by atoms with E-state index in [1.165, 1.54) is 18.2 Å². The molecular weight excluding hydrogens is 535 g/mol. The summed E-state index contributed by atoms with van der Waals surface area (Å²) < 4.78 is 74.3. The van der Waals surface area contributed by atoms with Gasteiger partial charge in [0.2, 0.25) is 6.10 Å². The first kappa shape index (κ1) is 29.1. The number of nitrogens with zero attached hydrogens (tertiary/aromatic N) is 2. The van der Waals surface area contributed by atoms with Gasteiger partial charge in [-0.25, -0.2) is 9.78 Å². The van der Waals surface area contributed by atoms with Gasteiger partial charge in [-0.15, -0.1) is 0 Å². The molecule has 1 atom stereocenters. The lowest BCUT2D eigenvalue weighted by Crippen LogP contribution is -2.42. The second kappa shape index (κ2) is 11.5. The first-order valence-electron chi connectivity index (χ1n) is 11.6. The maximum absolute atomic E-state index is 14.3. The standard InChI is InChI=1S/C26H24ClF5N2O4/c1-3-4-10-20-33-15(2)21(25(28,29)26(30,31)32)23(35)34(20)14-16-11-12-19(18(27)13-16)38-22(24(36)37)17-8-6-5-7-9-17/h5-9,11-13,22H,3-4,10,14H2,1-2H3,(H,36,37). The minimum Gasteiger partial charge on any atom is -0.478 e. The van der Waals surface area contributed by atoms with Crippen LogP contribution in [0.25, 0.3) is 0 Å². The lowest BCUT2D eigenvalue weighted by molar-refractivity contribution is -0.290. The van der Waals surface area contributed by atoms with Crippen LogP contribution < -0.4 is 10.3 Å². The van der Waals surface area contributed by atoms with Crippen molar-refractivity contribution in [2.24, 2.45) is 0 Å². The molecule has 0 bridgehead atoms. The normalized spacial score (nSPS) is 12.8. The first-order chi connectivity index (χ1) is 17.8. The Bertz CT molecular complexity index is 1360. The summed E-state index contributed by atoms with van der Waals surface area (Å²) in [5.74, 6) is -6.61. The van der Waals surface area contributed by atoms with Crippen LogP contribution in [-0.2, 0) is 23.7 Å². The summed E-state index contributed by atoms with van der Waals surface area (Å²) in [5.41, 5.74) is -3.29. The number of rotatable bonds is 10. The number of benzene rings is 2. The molecule has 12 heteroatoms. The summed E-state index contributed by atoms with van der Waals surface area (Å²) in [6.07, 6.45) is -6.00. The zero-order valence-corrected chi connectivity index (χ0v) is 21.1. The van der Waals surface area contributed by atoms with Crippen LogP contribution in [0.2, 0.25) is 5.02 Å². The summed E-state index contributed by atoms with van der Waals surface area (Å²) >= 11 is 6.29. The Balaban J connectivity index is 2.01. The molecule has 1 heterocycles. The van der Waals surface area contributed by atoms with Gasteiger partial charge in [0.25, 0.3) is 5.56 Å². The number of hydrogen-bond donors (Lipinski definition) is 1. The molecular formula is C26H24ClF5N2O4. The van der Waals surface area contributed by atoms with E-state index >= 15 is 0 Å². The number of carbonyl (C=O) groups is 1. The molecule has 0 saturated carbocycles. The van der Waals surface area contributed by atoms with E-state index in [4.69, 9.17) is 16.3 Å². The summed E-state index contributed by atoms with van der Waals surface area (Å²) in [6, 6.07) is 12.2. The van der Waals surface area contributed by atoms with Crippen LogP contribution in [0, 0.1) is 6.92 Å². The van der Waals surface area contributed by atoms with Crippen molar-refractivity contribution in [1.82, 2.24) is 9.55 Å². The van der Waals surface area contributed by atoms with E-state index in [9.17, 15) is 36.6 Å². The molecule has 1 aromatic heterocycles. The molecule has 3 aromatic rings. The molecule has 0 radical (unpaired) electrons. The van der Waals surface area contributed by atoms with E-state index in [0.717, 1.165) is 11.5 Å². The van der Waals surface area contributed by atoms with Gasteiger partial charge in [0.05, 0.1) is 17.3 Å². The van der Waals surface area contributed by atoms with Crippen molar-refractivity contribution < 1.29 is 36.6 Å². The number of unbranched alkanes of at least 4 members (excludes halogenated alkanes) is 1. The predicted molar refractivity (Wildman–Crippen MR) is 130 cm³/mol. The van der Waals surface area contributed by atoms with Gasteiger partial charge in [-0.1, -0.05) is 61.3 Å². The van der Waals surface area contributed by atoms with Crippen LogP contribution in [0.5, 0.6) is 5.75 Å². The van der Waals surface area contributed by atoms with Crippen LogP contribution in [0.3, 0.4) is 0 Å². The summed E-state index contributed by atoms with van der Waals surface area (Å²) in [7, 11) is 0. The SMILES string of the molecule is CCCCc1nc(C)c(C(F)(F)C(F)(F)F)c(=O)n1Cc1ccc(OC(C(=O)O)c2ccccc2)c(Cl)c1. The number of hydrogen-bond acceptors (Lipinski definition) is 4. The molecule has 6 nitrogen and oxygen atoms in total. The van der Waals surface area contributed by atoms with Crippen molar-refractivity contribution in [3.8, 4) is 5.75 Å². The van der Waals surface area contributed by atoms with E-state index in [0.29, 0.717) is 18.4 Å². The van der Waals surface area contributed by atoms with Crippen molar-refractivity contribution in [3.63, 3.8) is 0 Å². The number of carboxylic acids is 1. The Labute approximate surface area is 219 Å². The fourth-order valence-electron chi connectivity index (χ4n) is 3.85. The number of ether oxygens (including phenoxy) is 1. The number of aryl methyl sites for hydroxylation is 2. The summed E-state index contributed by atoms with van der Waals surface area (Å²) in [6.45, 7) is 2.40. The molecule has 0 aliphatic heterocycles. The third-order valence-electron chi connectivity index (χ3n) is 5.76. The molecule has 0 spiro atoms. The highest BCUT2D eigenvalue weighted by Crippen LogP contribution is 2.43. The van der Waals surface area contributed by atoms with Crippen LogP contribution in [-0.4, -0.2) is 26.8 Å². The van der Waals surface area contributed by atoms with Crippen LogP contribution in [0.4, 0.5) is 22.0 Å². The van der Waals surface area contributed by atoms with Gasteiger partial charge in [-0.3, -0.25) is 9.36 Å². The van der Waals surface area contributed by atoms with Crippen molar-refractivity contribution in [2.75, 3.05) is 0 Å². The molecule has 38 heavy (non-hydrogen) atoms. The molecule has 0 amide bonds. The maximum Gasteiger partial charge on any atom is 0.458 e. The van der Waals surface area contributed by atoms with Gasteiger partial charge < -0.3 is 9.84 Å². The maximum atomic E-state index is 14.3. The number of aliphatic carboxylic acids is 1. The minimum absolute atomic E-state index is 0.00320. The number of aromatic nitrogens is 2. The average Bonchev–Trinajstić information content (AvgIpc) is 2.83. The molecule has 0 aliphatic carbocycles. The van der Waals surface area contributed by atoms with Crippen molar-refractivity contribution in [1.29, 1.82) is 0 Å². The average molecular weight is 559 g/mol. The molecule has 204 valence electrons. The molecule has 0 saturated heterocycles. The number of halogens is 6. The third-order valence-corrected chi connectivity index (χ3v) is 6.06. The van der Waals surface area contributed by atoms with Crippen molar-refractivity contribution in [2.45, 2.75) is 57.9 Å². The fourth-order valence-corrected chi connectivity index (χ4v) is 4.09. The molecule has 0 aliphatic rings. The summed E-state index contributed by atoms with van der Waals surface area (Å²) in [4.78, 5) is 28.7. The second-order valence-corrected chi connectivity index (χ2v) is 8.97. The molecule has 1 N–H and O–H groups in total. The zero-order valence-electron chi connectivity index (χ0n) is 20.4. The van der Waals surface area contributed by atoms with E-state index in [-0.39, 0.29) is 28.6 Å². The highest BCUT2D eigenvalue weighted by atomic mass is 35.5. The minimum atomic E-state index is -5.98. The number of alkyl halides is 5. The smallest absolute Gasteiger partial charge is 0.458 e. The van der Waals surface area contributed by atoms with Crippen LogP contribution >= 0.6 is 11.6 Å². The second-order valence-electron chi connectivity index (χ2n) is 8.57. The Hall–Kier alpha value is -3.47. The third kappa shape index (κ3) is 6.15. The van der Waals surface area contributed by atoms with Crippen LogP contribution in [0.1, 0.15) is 54.1 Å². The quantitative estimate of drug-likeness (QED) is 0.289. The Kier molecular flexibility index (Phi) is 8.81. The highest BCUT2D eigenvalue weighted by Gasteiger charge is 2.61. The zero-order chi connectivity index (χ0) is 28.3. The lowest BCUT2D eigenvalue weighted by Gasteiger charge is -2.23. The highest BCUT2D eigenvalue weighted by molar-refractivity contribution is 6.32. The first-order valence-corrected chi connectivity index (χ1v) is 11.9. The van der Waals surface area contributed by atoms with Crippen LogP contribution in [0.15, 0.2) is 53.3 Å². The Morgan fingerprint density at radius 3 is 2.34 bits per heavy atom. The summed E-state index contributed by atoms with van der Waals surface area (Å²) in [5, 5.41) is 9.53. The van der Waals surface area contributed by atoms with E-state index in [1.54, 1.807) is 30.3 Å². The predicted octanol–water partition coefficient (Wildman–Crippen LogP) is 6.45. The van der Waals surface area contributed by atoms with E-state index in [2.05, 4.69) is 4.98 Å². The van der Waals surface area contributed by atoms with Gasteiger partial charge >= 0.3 is 18.1 Å². The topological polar surface area (TPSA) is 81.4 Å². The Morgan fingerprint density at radius 2 is 1.79 bits per heavy atom. The lowest BCUT2D eigenvalue weighted by atomic mass is 10.1. The van der Waals surface area contributed by atoms with Gasteiger partial charge in [-0.05, 0) is 31.0 Å². The van der Waals surface area contributed by atoms with Gasteiger partial charge in [0.1, 0.15) is 17.1 Å².